The van der Waals surface area contributed by atoms with Crippen LogP contribution >= 0.6 is 12.2 Å². The predicted molar refractivity (Wildman–Crippen MR) is 149 cm³/mol. The maximum Gasteiger partial charge on any atom is 0.287 e. The van der Waals surface area contributed by atoms with Gasteiger partial charge < -0.3 is 9.30 Å². The molecular formula is C28H20FN5O5S. The monoisotopic (exact) mass is 557 g/mol. The van der Waals surface area contributed by atoms with E-state index in [0.717, 1.165) is 28.2 Å². The third-order valence-electron chi connectivity index (χ3n) is 6.21. The normalized spacial score (nSPS) is 14.4. The van der Waals surface area contributed by atoms with E-state index in [9.17, 15) is 24.1 Å². The summed E-state index contributed by atoms with van der Waals surface area (Å²) in [4.78, 5) is 41.4. The van der Waals surface area contributed by atoms with Crippen LogP contribution in [0.25, 0.3) is 11.8 Å². The van der Waals surface area contributed by atoms with E-state index in [1.54, 1.807) is 12.1 Å². The summed E-state index contributed by atoms with van der Waals surface area (Å²) < 4.78 is 21.0. The number of ether oxygens (including phenoxy) is 1. The highest BCUT2D eigenvalue weighted by atomic mass is 32.1. The lowest BCUT2D eigenvalue weighted by Crippen LogP contribution is -2.54. The molecule has 0 unspecified atom stereocenters. The van der Waals surface area contributed by atoms with E-state index in [1.165, 1.54) is 42.5 Å². The highest BCUT2D eigenvalue weighted by Crippen LogP contribution is 2.28. The number of aromatic nitrogens is 2. The van der Waals surface area contributed by atoms with Crippen molar-refractivity contribution in [3.8, 4) is 17.3 Å². The second-order valence-corrected chi connectivity index (χ2v) is 9.19. The van der Waals surface area contributed by atoms with Crippen LogP contribution in [0.2, 0.25) is 0 Å². The standard InChI is InChI=1S/C28H20FN5O5S/c1-16-13-18(14-24-26(35)31-28(40)33(27(24)36)21-5-3-19(29)4-6-21)17(2)32(16)20-7-10-23(11-8-20)39-25-12-9-22(15-30-25)34(37)38/h3-15H,1-2H3,(H,31,35,40)/b24-14-. The van der Waals surface area contributed by atoms with Crippen molar-refractivity contribution in [3.05, 3.63) is 111 Å². The van der Waals surface area contributed by atoms with Crippen molar-refractivity contribution in [1.29, 1.82) is 0 Å². The second kappa shape index (κ2) is 10.5. The minimum Gasteiger partial charge on any atom is -0.439 e. The van der Waals surface area contributed by atoms with Crippen LogP contribution in [0, 0.1) is 29.8 Å². The first kappa shape index (κ1) is 26.4. The van der Waals surface area contributed by atoms with Crippen LogP contribution in [-0.4, -0.2) is 31.4 Å². The maximum absolute atomic E-state index is 13.4. The third-order valence-corrected chi connectivity index (χ3v) is 6.49. The van der Waals surface area contributed by atoms with Crippen molar-refractivity contribution in [2.75, 3.05) is 4.90 Å². The molecule has 4 aromatic rings. The van der Waals surface area contributed by atoms with Gasteiger partial charge in [0, 0.05) is 29.2 Å². The molecule has 0 atom stereocenters. The molecule has 10 nitrogen and oxygen atoms in total. The molecule has 1 aliphatic heterocycles. The molecule has 1 N–H and O–H groups in total. The van der Waals surface area contributed by atoms with E-state index in [2.05, 4.69) is 10.3 Å². The number of carbonyl (C=O) groups is 2. The van der Waals surface area contributed by atoms with Crippen LogP contribution in [-0.2, 0) is 9.59 Å². The molecule has 12 heteroatoms. The number of pyridine rings is 1. The number of halogens is 1. The average Bonchev–Trinajstić information content (AvgIpc) is 3.20. The van der Waals surface area contributed by atoms with E-state index in [1.807, 2.05) is 36.6 Å². The van der Waals surface area contributed by atoms with Crippen LogP contribution in [0.1, 0.15) is 17.0 Å². The number of thiocarbonyl (C=S) groups is 1. The Kier molecular flexibility index (Phi) is 6.92. The number of hydrogen-bond acceptors (Lipinski definition) is 7. The quantitative estimate of drug-likeness (QED) is 0.114. The van der Waals surface area contributed by atoms with Gasteiger partial charge in [0.15, 0.2) is 5.11 Å². The highest BCUT2D eigenvalue weighted by Gasteiger charge is 2.34. The number of nitro groups is 1. The first-order chi connectivity index (χ1) is 19.1. The summed E-state index contributed by atoms with van der Waals surface area (Å²) in [5.74, 6) is -1.01. The predicted octanol–water partition coefficient (Wildman–Crippen LogP) is 5.16. The fraction of sp³-hybridized carbons (Fsp3) is 0.0714. The number of hydrogen-bond donors (Lipinski definition) is 1. The summed E-state index contributed by atoms with van der Waals surface area (Å²) in [7, 11) is 0. The molecule has 5 rings (SSSR count). The van der Waals surface area contributed by atoms with Gasteiger partial charge in [-0.3, -0.25) is 29.9 Å². The number of nitrogens with zero attached hydrogens (tertiary/aromatic N) is 4. The molecule has 0 saturated carbocycles. The fourth-order valence-corrected chi connectivity index (χ4v) is 4.57. The van der Waals surface area contributed by atoms with E-state index in [0.29, 0.717) is 17.0 Å². The van der Waals surface area contributed by atoms with Gasteiger partial charge in [0.25, 0.3) is 17.5 Å². The Bertz CT molecular complexity index is 1700. The molecule has 0 radical (unpaired) electrons. The number of amides is 2. The van der Waals surface area contributed by atoms with Gasteiger partial charge >= 0.3 is 0 Å². The number of carbonyl (C=O) groups excluding carboxylic acids is 2. The van der Waals surface area contributed by atoms with Crippen LogP contribution in [0.4, 0.5) is 15.8 Å². The Balaban J connectivity index is 1.41. The minimum absolute atomic E-state index is 0.0875. The van der Waals surface area contributed by atoms with Gasteiger partial charge in [-0.2, -0.15) is 0 Å². The number of nitrogens with one attached hydrogen (secondary N) is 1. The van der Waals surface area contributed by atoms with E-state index in [-0.39, 0.29) is 22.3 Å². The number of anilines is 1. The molecule has 3 heterocycles. The van der Waals surface area contributed by atoms with Crippen LogP contribution in [0.15, 0.2) is 78.5 Å². The van der Waals surface area contributed by atoms with Gasteiger partial charge in [-0.05, 0) is 92.3 Å². The minimum atomic E-state index is -0.625. The Morgan fingerprint density at radius 1 is 1.02 bits per heavy atom. The van der Waals surface area contributed by atoms with Gasteiger partial charge in [0.05, 0.1) is 10.6 Å². The van der Waals surface area contributed by atoms with E-state index < -0.39 is 22.6 Å². The third kappa shape index (κ3) is 5.07. The molecule has 1 aliphatic rings. The summed E-state index contributed by atoms with van der Waals surface area (Å²) in [5.41, 5.74) is 3.17. The van der Waals surface area contributed by atoms with Gasteiger partial charge in [-0.25, -0.2) is 9.37 Å². The summed E-state index contributed by atoms with van der Waals surface area (Å²) in [6.07, 6.45) is 2.63. The summed E-state index contributed by atoms with van der Waals surface area (Å²) in [6, 6.07) is 16.9. The summed E-state index contributed by atoms with van der Waals surface area (Å²) in [5, 5.41) is 13.2. The molecule has 2 amide bonds. The van der Waals surface area contributed by atoms with Gasteiger partial charge in [-0.15, -0.1) is 0 Å². The molecule has 0 spiro atoms. The van der Waals surface area contributed by atoms with Crippen molar-refractivity contribution in [1.82, 2.24) is 14.9 Å². The Hall–Kier alpha value is -5.23. The first-order valence-corrected chi connectivity index (χ1v) is 12.3. The highest BCUT2D eigenvalue weighted by molar-refractivity contribution is 7.80. The average molecular weight is 558 g/mol. The molecule has 2 aromatic carbocycles. The zero-order valence-electron chi connectivity index (χ0n) is 21.1. The van der Waals surface area contributed by atoms with Crippen molar-refractivity contribution < 1.29 is 23.6 Å². The molecule has 1 saturated heterocycles. The lowest BCUT2D eigenvalue weighted by atomic mass is 10.1. The molecule has 200 valence electrons. The largest absolute Gasteiger partial charge is 0.439 e. The lowest BCUT2D eigenvalue weighted by molar-refractivity contribution is -0.385. The SMILES string of the molecule is Cc1cc(/C=C2/C(=O)NC(=S)N(c3ccc(F)cc3)C2=O)c(C)n1-c1ccc(Oc2ccc([N+](=O)[O-])cn2)cc1. The molecule has 2 aromatic heterocycles. The van der Waals surface area contributed by atoms with Gasteiger partial charge in [0.2, 0.25) is 5.88 Å². The lowest BCUT2D eigenvalue weighted by Gasteiger charge is -2.28. The number of rotatable bonds is 6. The Morgan fingerprint density at radius 3 is 2.33 bits per heavy atom. The van der Waals surface area contributed by atoms with Crippen LogP contribution in [0.3, 0.4) is 0 Å². The summed E-state index contributed by atoms with van der Waals surface area (Å²) >= 11 is 5.20. The number of benzene rings is 2. The summed E-state index contributed by atoms with van der Waals surface area (Å²) in [6.45, 7) is 3.75. The Labute approximate surface area is 232 Å². The van der Waals surface area contributed by atoms with E-state index in [4.69, 9.17) is 17.0 Å². The van der Waals surface area contributed by atoms with Gasteiger partial charge in [0.1, 0.15) is 23.3 Å². The molecular weight excluding hydrogens is 537 g/mol. The maximum atomic E-state index is 13.4. The zero-order valence-corrected chi connectivity index (χ0v) is 21.9. The molecule has 1 fully saturated rings. The second-order valence-electron chi connectivity index (χ2n) is 8.80. The fourth-order valence-electron chi connectivity index (χ4n) is 4.29. The molecule has 40 heavy (non-hydrogen) atoms. The molecule has 0 bridgehead atoms. The van der Waals surface area contributed by atoms with Crippen molar-refractivity contribution >= 4 is 46.6 Å². The van der Waals surface area contributed by atoms with Crippen LogP contribution in [0.5, 0.6) is 11.6 Å². The van der Waals surface area contributed by atoms with Crippen LogP contribution < -0.4 is 15.0 Å². The van der Waals surface area contributed by atoms with E-state index >= 15 is 0 Å². The van der Waals surface area contributed by atoms with Crippen molar-refractivity contribution in [3.63, 3.8) is 0 Å². The Morgan fingerprint density at radius 2 is 1.70 bits per heavy atom. The van der Waals surface area contributed by atoms with Crippen molar-refractivity contribution in [2.45, 2.75) is 13.8 Å². The first-order valence-electron chi connectivity index (χ1n) is 11.9. The zero-order chi connectivity index (χ0) is 28.6. The molecule has 0 aliphatic carbocycles. The number of aryl methyl sites for hydroxylation is 1. The topological polar surface area (TPSA) is 120 Å². The van der Waals surface area contributed by atoms with Gasteiger partial charge in [-0.1, -0.05) is 0 Å². The smallest absolute Gasteiger partial charge is 0.287 e. The van der Waals surface area contributed by atoms with Crippen molar-refractivity contribution in [2.24, 2.45) is 0 Å².